The van der Waals surface area contributed by atoms with Crippen LogP contribution in [0.3, 0.4) is 0 Å². The maximum absolute atomic E-state index is 12.0. The first kappa shape index (κ1) is 13.3. The Labute approximate surface area is 122 Å². The van der Waals surface area contributed by atoms with Gasteiger partial charge in [0.2, 0.25) is 0 Å². The fourth-order valence-electron chi connectivity index (χ4n) is 1.70. The van der Waals surface area contributed by atoms with Crippen LogP contribution in [0, 0.1) is 0 Å². The van der Waals surface area contributed by atoms with Crippen LogP contribution in [0.5, 0.6) is 0 Å². The molecule has 1 amide bonds. The SMILES string of the molecule is O=C(COC(=O)c1cccc2ocnc12)Nc1nccs1. The number of benzene rings is 1. The van der Waals surface area contributed by atoms with E-state index in [4.69, 9.17) is 9.15 Å². The number of hydrogen-bond acceptors (Lipinski definition) is 7. The molecule has 0 radical (unpaired) electrons. The molecule has 0 spiro atoms. The number of nitrogens with one attached hydrogen (secondary N) is 1. The van der Waals surface area contributed by atoms with Gasteiger partial charge in [-0.25, -0.2) is 14.8 Å². The molecule has 1 N–H and O–H groups in total. The van der Waals surface area contributed by atoms with Crippen LogP contribution in [0.2, 0.25) is 0 Å². The van der Waals surface area contributed by atoms with Crippen LogP contribution in [0.1, 0.15) is 10.4 Å². The third-order valence-electron chi connectivity index (χ3n) is 2.59. The standard InChI is InChI=1S/C13H9N3O4S/c17-10(16-13-14-4-5-21-13)6-19-12(18)8-2-1-3-9-11(8)15-7-20-9/h1-5,7H,6H2,(H,14,16,17). The highest BCUT2D eigenvalue weighted by molar-refractivity contribution is 7.13. The molecule has 1 aromatic carbocycles. The number of oxazole rings is 1. The lowest BCUT2D eigenvalue weighted by molar-refractivity contribution is -0.119. The molecule has 21 heavy (non-hydrogen) atoms. The quantitative estimate of drug-likeness (QED) is 0.741. The van der Waals surface area contributed by atoms with Gasteiger partial charge in [-0.3, -0.25) is 10.1 Å². The predicted octanol–water partition coefficient (Wildman–Crippen LogP) is 2.08. The molecule has 0 aliphatic heterocycles. The van der Waals surface area contributed by atoms with Crippen molar-refractivity contribution in [3.63, 3.8) is 0 Å². The minimum absolute atomic E-state index is 0.253. The van der Waals surface area contributed by atoms with Crippen molar-refractivity contribution in [3.8, 4) is 0 Å². The van der Waals surface area contributed by atoms with Crippen molar-refractivity contribution in [3.05, 3.63) is 41.7 Å². The number of anilines is 1. The van der Waals surface area contributed by atoms with Crippen molar-refractivity contribution in [1.29, 1.82) is 0 Å². The highest BCUT2D eigenvalue weighted by Gasteiger charge is 2.15. The fourth-order valence-corrected chi connectivity index (χ4v) is 2.25. The summed E-state index contributed by atoms with van der Waals surface area (Å²) in [7, 11) is 0. The lowest BCUT2D eigenvalue weighted by Gasteiger charge is -2.04. The molecule has 0 saturated heterocycles. The molecule has 0 atom stereocenters. The number of fused-ring (bicyclic) bond motifs is 1. The summed E-state index contributed by atoms with van der Waals surface area (Å²) in [5.41, 5.74) is 1.14. The van der Waals surface area contributed by atoms with Gasteiger partial charge in [0.25, 0.3) is 5.91 Å². The maximum atomic E-state index is 12.0. The summed E-state index contributed by atoms with van der Waals surface area (Å²) in [6.45, 7) is -0.396. The van der Waals surface area contributed by atoms with E-state index in [0.717, 1.165) is 0 Å². The van der Waals surface area contributed by atoms with E-state index >= 15 is 0 Å². The number of esters is 1. The molecule has 0 aliphatic rings. The Morgan fingerprint density at radius 1 is 1.33 bits per heavy atom. The van der Waals surface area contributed by atoms with Gasteiger partial charge >= 0.3 is 5.97 Å². The second-order valence-corrected chi connectivity index (χ2v) is 4.86. The van der Waals surface area contributed by atoms with Crippen LogP contribution in [0.25, 0.3) is 11.1 Å². The van der Waals surface area contributed by atoms with Crippen LogP contribution in [-0.4, -0.2) is 28.5 Å². The van der Waals surface area contributed by atoms with Gasteiger partial charge in [-0.05, 0) is 12.1 Å². The number of thiazole rings is 1. The minimum atomic E-state index is -0.635. The summed E-state index contributed by atoms with van der Waals surface area (Å²) in [6, 6.07) is 4.90. The van der Waals surface area contributed by atoms with Gasteiger partial charge in [0.05, 0.1) is 5.56 Å². The first-order valence-corrected chi connectivity index (χ1v) is 6.80. The monoisotopic (exact) mass is 303 g/mol. The van der Waals surface area contributed by atoms with Gasteiger partial charge in [-0.15, -0.1) is 11.3 Å². The number of aromatic nitrogens is 2. The number of rotatable bonds is 4. The molecule has 0 fully saturated rings. The zero-order chi connectivity index (χ0) is 14.7. The lowest BCUT2D eigenvalue weighted by atomic mass is 10.2. The van der Waals surface area contributed by atoms with Gasteiger partial charge in [0.15, 0.2) is 23.7 Å². The zero-order valence-corrected chi connectivity index (χ0v) is 11.4. The average molecular weight is 303 g/mol. The Hall–Kier alpha value is -2.74. The summed E-state index contributed by atoms with van der Waals surface area (Å²) in [4.78, 5) is 31.4. The molecular formula is C13H9N3O4S. The molecule has 7 nitrogen and oxygen atoms in total. The smallest absolute Gasteiger partial charge is 0.340 e. The van der Waals surface area contributed by atoms with E-state index in [0.29, 0.717) is 16.2 Å². The summed E-state index contributed by atoms with van der Waals surface area (Å²) < 4.78 is 10.1. The molecule has 8 heteroatoms. The number of carbonyl (C=O) groups excluding carboxylic acids is 2. The Balaban J connectivity index is 1.64. The summed E-state index contributed by atoms with van der Waals surface area (Å²) in [5.74, 6) is -1.09. The zero-order valence-electron chi connectivity index (χ0n) is 10.6. The highest BCUT2D eigenvalue weighted by Crippen LogP contribution is 2.17. The van der Waals surface area contributed by atoms with Gasteiger partial charge in [-0.1, -0.05) is 6.07 Å². The lowest BCUT2D eigenvalue weighted by Crippen LogP contribution is -2.20. The third kappa shape index (κ3) is 2.90. The Bertz CT molecular complexity index is 782. The van der Waals surface area contributed by atoms with E-state index in [1.165, 1.54) is 17.7 Å². The largest absolute Gasteiger partial charge is 0.452 e. The topological polar surface area (TPSA) is 94.3 Å². The van der Waals surface area contributed by atoms with E-state index in [-0.39, 0.29) is 5.56 Å². The number of ether oxygens (including phenoxy) is 1. The molecule has 106 valence electrons. The molecule has 0 aliphatic carbocycles. The van der Waals surface area contributed by atoms with Gasteiger partial charge in [-0.2, -0.15) is 0 Å². The van der Waals surface area contributed by atoms with E-state index in [9.17, 15) is 9.59 Å². The van der Waals surface area contributed by atoms with Crippen molar-refractivity contribution in [2.24, 2.45) is 0 Å². The Morgan fingerprint density at radius 3 is 3.05 bits per heavy atom. The molecule has 3 rings (SSSR count). The predicted molar refractivity (Wildman–Crippen MR) is 75.0 cm³/mol. The van der Waals surface area contributed by atoms with E-state index < -0.39 is 18.5 Å². The van der Waals surface area contributed by atoms with Crippen molar-refractivity contribution in [1.82, 2.24) is 9.97 Å². The average Bonchev–Trinajstić information content (AvgIpc) is 3.14. The van der Waals surface area contributed by atoms with Crippen LogP contribution in [0.15, 0.2) is 40.6 Å². The normalized spacial score (nSPS) is 10.5. The third-order valence-corrected chi connectivity index (χ3v) is 3.28. The van der Waals surface area contributed by atoms with Crippen molar-refractivity contribution in [2.45, 2.75) is 0 Å². The Morgan fingerprint density at radius 2 is 2.24 bits per heavy atom. The van der Waals surface area contributed by atoms with Crippen molar-refractivity contribution >= 4 is 39.4 Å². The van der Waals surface area contributed by atoms with Crippen LogP contribution < -0.4 is 5.32 Å². The van der Waals surface area contributed by atoms with Crippen molar-refractivity contribution < 1.29 is 18.7 Å². The van der Waals surface area contributed by atoms with Crippen LogP contribution in [0.4, 0.5) is 5.13 Å². The highest BCUT2D eigenvalue weighted by atomic mass is 32.1. The molecule has 0 saturated carbocycles. The van der Waals surface area contributed by atoms with E-state index in [1.807, 2.05) is 0 Å². The van der Waals surface area contributed by atoms with Gasteiger partial charge < -0.3 is 9.15 Å². The second-order valence-electron chi connectivity index (χ2n) is 3.97. The first-order valence-electron chi connectivity index (χ1n) is 5.93. The van der Waals surface area contributed by atoms with Crippen LogP contribution >= 0.6 is 11.3 Å². The summed E-state index contributed by atoms with van der Waals surface area (Å²) in [5, 5.41) is 4.70. The molecule has 0 unspecified atom stereocenters. The minimum Gasteiger partial charge on any atom is -0.452 e. The molecule has 2 heterocycles. The first-order chi connectivity index (χ1) is 10.2. The number of para-hydroxylation sites is 1. The van der Waals surface area contributed by atoms with E-state index in [2.05, 4.69) is 15.3 Å². The molecule has 3 aromatic rings. The summed E-state index contributed by atoms with van der Waals surface area (Å²) >= 11 is 1.28. The van der Waals surface area contributed by atoms with Crippen LogP contribution in [-0.2, 0) is 9.53 Å². The van der Waals surface area contributed by atoms with E-state index in [1.54, 1.807) is 29.8 Å². The number of hydrogen-bond donors (Lipinski definition) is 1. The maximum Gasteiger partial charge on any atom is 0.340 e. The number of amides is 1. The fraction of sp³-hybridized carbons (Fsp3) is 0.0769. The number of carbonyl (C=O) groups is 2. The second kappa shape index (κ2) is 5.71. The summed E-state index contributed by atoms with van der Waals surface area (Å²) in [6.07, 6.45) is 2.81. The van der Waals surface area contributed by atoms with Gasteiger partial charge in [0.1, 0.15) is 5.52 Å². The molecular weight excluding hydrogens is 294 g/mol. The van der Waals surface area contributed by atoms with Crippen molar-refractivity contribution in [2.75, 3.05) is 11.9 Å². The molecule has 2 aromatic heterocycles. The Kier molecular flexibility index (Phi) is 3.61. The van der Waals surface area contributed by atoms with Gasteiger partial charge in [0, 0.05) is 11.6 Å². The number of nitrogens with zero attached hydrogens (tertiary/aromatic N) is 2. The molecule has 0 bridgehead atoms.